The Bertz CT molecular complexity index is 1340. The summed E-state index contributed by atoms with van der Waals surface area (Å²) < 4.78 is 22.4. The van der Waals surface area contributed by atoms with Crippen molar-refractivity contribution in [3.8, 4) is 40.5 Å². The molecule has 7 nitrogen and oxygen atoms in total. The average molecular weight is 456 g/mol. The second kappa shape index (κ2) is 10.0. The van der Waals surface area contributed by atoms with Crippen molar-refractivity contribution < 1.29 is 18.6 Å². The van der Waals surface area contributed by atoms with Crippen molar-refractivity contribution in [2.24, 2.45) is 0 Å². The number of rotatable bonds is 8. The molecule has 0 unspecified atom stereocenters. The van der Waals surface area contributed by atoms with Gasteiger partial charge in [0.05, 0.1) is 14.2 Å². The Morgan fingerprint density at radius 1 is 0.882 bits per heavy atom. The number of methoxy groups -OCH3 is 2. The molecule has 0 bridgehead atoms. The van der Waals surface area contributed by atoms with Crippen LogP contribution >= 0.6 is 0 Å². The van der Waals surface area contributed by atoms with Crippen LogP contribution in [0.5, 0.6) is 23.0 Å². The fourth-order valence-electron chi connectivity index (χ4n) is 3.38. The van der Waals surface area contributed by atoms with E-state index in [0.29, 0.717) is 35.4 Å². The van der Waals surface area contributed by atoms with Gasteiger partial charge in [-0.1, -0.05) is 18.2 Å². The molecule has 4 aromatic rings. The predicted octanol–water partition coefficient (Wildman–Crippen LogP) is 6.25. The van der Waals surface area contributed by atoms with Gasteiger partial charge in [0.25, 0.3) is 0 Å². The number of nitrogens with one attached hydrogen (secondary N) is 1. The number of ether oxygens (including phenoxy) is 3. The van der Waals surface area contributed by atoms with E-state index < -0.39 is 0 Å². The number of hydrogen-bond acceptors (Lipinski definition) is 7. The highest BCUT2D eigenvalue weighted by Crippen LogP contribution is 2.33. The SMILES string of the molecule is COc1ccc(-c2nc(C#N)c(NCc3ccc(Oc4ccc(C)c(C)c4)cc3)o2)cc1OC. The van der Waals surface area contributed by atoms with Gasteiger partial charge < -0.3 is 23.9 Å². The Labute approximate surface area is 198 Å². The van der Waals surface area contributed by atoms with E-state index in [4.69, 9.17) is 18.6 Å². The van der Waals surface area contributed by atoms with E-state index in [1.54, 1.807) is 32.4 Å². The second-order valence-electron chi connectivity index (χ2n) is 7.72. The van der Waals surface area contributed by atoms with E-state index in [1.807, 2.05) is 42.5 Å². The highest BCUT2D eigenvalue weighted by atomic mass is 16.5. The molecule has 34 heavy (non-hydrogen) atoms. The molecule has 0 atom stereocenters. The minimum atomic E-state index is 0.180. The lowest BCUT2D eigenvalue weighted by atomic mass is 10.1. The molecule has 0 saturated carbocycles. The maximum absolute atomic E-state index is 9.50. The molecular formula is C27H25N3O4. The van der Waals surface area contributed by atoms with Crippen molar-refractivity contribution in [2.45, 2.75) is 20.4 Å². The van der Waals surface area contributed by atoms with E-state index in [-0.39, 0.29) is 5.69 Å². The lowest BCUT2D eigenvalue weighted by molar-refractivity contribution is 0.355. The van der Waals surface area contributed by atoms with Crippen LogP contribution in [0.1, 0.15) is 22.4 Å². The molecule has 0 aliphatic rings. The van der Waals surface area contributed by atoms with E-state index in [0.717, 1.165) is 17.1 Å². The summed E-state index contributed by atoms with van der Waals surface area (Å²) >= 11 is 0. The maximum atomic E-state index is 9.50. The molecule has 0 aliphatic carbocycles. The van der Waals surface area contributed by atoms with E-state index in [2.05, 4.69) is 30.2 Å². The summed E-state index contributed by atoms with van der Waals surface area (Å²) in [4.78, 5) is 4.31. The predicted molar refractivity (Wildman–Crippen MR) is 130 cm³/mol. The van der Waals surface area contributed by atoms with Crippen LogP contribution < -0.4 is 19.5 Å². The average Bonchev–Trinajstić information content (AvgIpc) is 3.28. The molecule has 0 radical (unpaired) electrons. The Kier molecular flexibility index (Phi) is 6.69. The Balaban J connectivity index is 1.45. The van der Waals surface area contributed by atoms with Gasteiger partial charge in [0, 0.05) is 12.1 Å². The molecule has 0 aliphatic heterocycles. The summed E-state index contributed by atoms with van der Waals surface area (Å²) in [6.07, 6.45) is 0. The van der Waals surface area contributed by atoms with Crippen LogP contribution in [-0.2, 0) is 6.54 Å². The van der Waals surface area contributed by atoms with Gasteiger partial charge in [0.15, 0.2) is 11.5 Å². The highest BCUT2D eigenvalue weighted by Gasteiger charge is 2.16. The first kappa shape index (κ1) is 22.7. The van der Waals surface area contributed by atoms with Crippen molar-refractivity contribution >= 4 is 5.88 Å². The molecule has 172 valence electrons. The van der Waals surface area contributed by atoms with Gasteiger partial charge >= 0.3 is 0 Å². The molecular weight excluding hydrogens is 430 g/mol. The van der Waals surface area contributed by atoms with Gasteiger partial charge in [-0.3, -0.25) is 0 Å². The van der Waals surface area contributed by atoms with Gasteiger partial charge in [0.1, 0.15) is 17.6 Å². The monoisotopic (exact) mass is 455 g/mol. The molecule has 0 fully saturated rings. The van der Waals surface area contributed by atoms with Gasteiger partial charge in [0.2, 0.25) is 17.5 Å². The number of hydrogen-bond donors (Lipinski definition) is 1. The smallest absolute Gasteiger partial charge is 0.232 e. The van der Waals surface area contributed by atoms with Crippen LogP contribution in [-0.4, -0.2) is 19.2 Å². The number of anilines is 1. The van der Waals surface area contributed by atoms with Crippen LogP contribution in [0, 0.1) is 25.2 Å². The first-order valence-corrected chi connectivity index (χ1v) is 10.7. The molecule has 4 rings (SSSR count). The summed E-state index contributed by atoms with van der Waals surface area (Å²) in [5.41, 5.74) is 4.27. The van der Waals surface area contributed by atoms with Gasteiger partial charge in [-0.25, -0.2) is 0 Å². The number of nitriles is 1. The normalized spacial score (nSPS) is 10.4. The number of benzene rings is 3. The topological polar surface area (TPSA) is 89.5 Å². The van der Waals surface area contributed by atoms with Crippen molar-refractivity contribution in [3.05, 3.63) is 83.0 Å². The Morgan fingerprint density at radius 2 is 1.62 bits per heavy atom. The van der Waals surface area contributed by atoms with E-state index in [1.165, 1.54) is 11.1 Å². The zero-order valence-electron chi connectivity index (χ0n) is 19.5. The number of oxazole rings is 1. The van der Waals surface area contributed by atoms with Crippen LogP contribution in [0.3, 0.4) is 0 Å². The first-order chi connectivity index (χ1) is 16.5. The minimum absolute atomic E-state index is 0.180. The van der Waals surface area contributed by atoms with Gasteiger partial charge in [-0.2, -0.15) is 10.2 Å². The lowest BCUT2D eigenvalue weighted by Gasteiger charge is -2.09. The number of aromatic nitrogens is 1. The van der Waals surface area contributed by atoms with Crippen molar-refractivity contribution in [1.82, 2.24) is 4.98 Å². The molecule has 0 amide bonds. The fourth-order valence-corrected chi connectivity index (χ4v) is 3.38. The number of aryl methyl sites for hydroxylation is 2. The van der Waals surface area contributed by atoms with Crippen LogP contribution in [0.15, 0.2) is 65.1 Å². The Hall–Kier alpha value is -4.44. The van der Waals surface area contributed by atoms with Gasteiger partial charge in [-0.15, -0.1) is 0 Å². The summed E-state index contributed by atoms with van der Waals surface area (Å²) in [5.74, 6) is 3.33. The largest absolute Gasteiger partial charge is 0.493 e. The standard InChI is InChI=1S/C27H25N3O4/c1-17-5-9-22(13-18(17)2)33-21-10-6-19(7-11-21)16-29-27-23(15-28)30-26(34-27)20-8-12-24(31-3)25(14-20)32-4/h5-14,29H,16H2,1-4H3. The highest BCUT2D eigenvalue weighted by molar-refractivity contribution is 5.63. The molecule has 1 heterocycles. The van der Waals surface area contributed by atoms with Crippen molar-refractivity contribution in [1.29, 1.82) is 5.26 Å². The summed E-state index contributed by atoms with van der Waals surface area (Å²) in [6.45, 7) is 4.59. The second-order valence-corrected chi connectivity index (χ2v) is 7.72. The van der Waals surface area contributed by atoms with Crippen molar-refractivity contribution in [2.75, 3.05) is 19.5 Å². The van der Waals surface area contributed by atoms with Crippen molar-refractivity contribution in [3.63, 3.8) is 0 Å². The van der Waals surface area contributed by atoms with E-state index >= 15 is 0 Å². The van der Waals surface area contributed by atoms with E-state index in [9.17, 15) is 5.26 Å². The third-order valence-electron chi connectivity index (χ3n) is 5.45. The molecule has 1 N–H and O–H groups in total. The zero-order chi connectivity index (χ0) is 24.1. The maximum Gasteiger partial charge on any atom is 0.232 e. The Morgan fingerprint density at radius 3 is 2.29 bits per heavy atom. The van der Waals surface area contributed by atoms with Crippen LogP contribution in [0.2, 0.25) is 0 Å². The third kappa shape index (κ3) is 4.97. The summed E-state index contributed by atoms with van der Waals surface area (Å²) in [6, 6.07) is 21.2. The molecule has 0 spiro atoms. The molecule has 0 saturated heterocycles. The fraction of sp³-hybridized carbons (Fsp3) is 0.185. The number of nitrogens with zero attached hydrogens (tertiary/aromatic N) is 2. The quantitative estimate of drug-likeness (QED) is 0.336. The summed E-state index contributed by atoms with van der Waals surface area (Å²) in [7, 11) is 3.13. The summed E-state index contributed by atoms with van der Waals surface area (Å²) in [5, 5.41) is 12.7. The molecule has 1 aromatic heterocycles. The molecule has 3 aromatic carbocycles. The lowest BCUT2D eigenvalue weighted by Crippen LogP contribution is -1.99. The van der Waals surface area contributed by atoms with Gasteiger partial charge in [-0.05, 0) is 73.0 Å². The zero-order valence-corrected chi connectivity index (χ0v) is 19.5. The third-order valence-corrected chi connectivity index (χ3v) is 5.45. The minimum Gasteiger partial charge on any atom is -0.493 e. The first-order valence-electron chi connectivity index (χ1n) is 10.7. The molecule has 7 heteroatoms. The van der Waals surface area contributed by atoms with Crippen LogP contribution in [0.4, 0.5) is 5.88 Å². The van der Waals surface area contributed by atoms with Crippen LogP contribution in [0.25, 0.3) is 11.5 Å².